The average Bonchev–Trinajstić information content (AvgIpc) is 2.77. The lowest BCUT2D eigenvalue weighted by Crippen LogP contribution is -2.60. The molecular weight excluding hydrogens is 407 g/mol. The first-order valence-electron chi connectivity index (χ1n) is 11.2. The molecule has 0 radical (unpaired) electrons. The highest BCUT2D eigenvalue weighted by molar-refractivity contribution is 5.94. The molecule has 1 aromatic carbocycles. The number of benzene rings is 1. The lowest BCUT2D eigenvalue weighted by molar-refractivity contribution is -0.582. The number of aliphatic hydroxyl groups is 1. The maximum Gasteiger partial charge on any atom is 0.221 e. The number of likely N-dealkylation sites (tertiary alicyclic amines) is 1. The van der Waals surface area contributed by atoms with Crippen molar-refractivity contribution in [3.63, 3.8) is 0 Å². The van der Waals surface area contributed by atoms with Crippen molar-refractivity contribution in [2.75, 3.05) is 49.5 Å². The lowest BCUT2D eigenvalue weighted by atomic mass is 9.72. The third-order valence-electron chi connectivity index (χ3n) is 6.63. The van der Waals surface area contributed by atoms with Gasteiger partial charge in [-0.2, -0.15) is 4.57 Å². The maximum atomic E-state index is 15.0. The van der Waals surface area contributed by atoms with E-state index >= 15 is 0 Å². The Morgan fingerprint density at radius 1 is 1.38 bits per heavy atom. The summed E-state index contributed by atoms with van der Waals surface area (Å²) in [6.45, 7) is 10.9. The number of halogens is 1. The van der Waals surface area contributed by atoms with Gasteiger partial charge in [-0.1, -0.05) is 0 Å². The lowest BCUT2D eigenvalue weighted by Gasteiger charge is -2.54. The number of nitrogens with one attached hydrogen (secondary N) is 2. The molecule has 2 saturated heterocycles. The predicted octanol–water partition coefficient (Wildman–Crippen LogP) is 2.97. The standard InChI is InChI=1S/C24H32FN6O/c1-18(13-26)31-15-23(27-14-19(31)2)28-20-4-5-22(21(25)12-20)30-9-6-24(7-10-30)16-29(17-24)8-3-11-32/h4-5,12-15,26,32H,1,3,6-11,16-17H2,2H3,(H,27,28)/q+1. The van der Waals surface area contributed by atoms with E-state index in [2.05, 4.69) is 26.7 Å². The van der Waals surface area contributed by atoms with E-state index in [0.717, 1.165) is 57.7 Å². The van der Waals surface area contributed by atoms with E-state index in [0.29, 0.717) is 28.3 Å². The van der Waals surface area contributed by atoms with Gasteiger partial charge in [-0.25, -0.2) is 9.37 Å². The van der Waals surface area contributed by atoms with Crippen molar-refractivity contribution >= 4 is 29.1 Å². The SMILES string of the molecule is C=C(C=N)[n+]1cc(Nc2ccc(N3CCC4(CC3)CN(CCCO)C4)c(F)c2)ncc1C. The number of allylic oxidation sites excluding steroid dienone is 1. The number of rotatable bonds is 8. The van der Waals surface area contributed by atoms with Crippen LogP contribution in [0.4, 0.5) is 21.6 Å². The largest absolute Gasteiger partial charge is 0.396 e. The third-order valence-corrected chi connectivity index (χ3v) is 6.63. The Labute approximate surface area is 188 Å². The van der Waals surface area contributed by atoms with Crippen molar-refractivity contribution in [1.82, 2.24) is 9.88 Å². The molecule has 32 heavy (non-hydrogen) atoms. The van der Waals surface area contributed by atoms with Crippen molar-refractivity contribution in [2.24, 2.45) is 5.41 Å². The normalized spacial score (nSPS) is 17.8. The fraction of sp³-hybridized carbons (Fsp3) is 0.458. The number of aryl methyl sites for hydroxylation is 1. The second-order valence-corrected chi connectivity index (χ2v) is 8.99. The Hall–Kier alpha value is -2.84. The van der Waals surface area contributed by atoms with Crippen molar-refractivity contribution in [1.29, 1.82) is 5.41 Å². The fourth-order valence-corrected chi connectivity index (χ4v) is 4.81. The maximum absolute atomic E-state index is 15.0. The average molecular weight is 440 g/mol. The van der Waals surface area contributed by atoms with Crippen LogP contribution in [0, 0.1) is 23.6 Å². The van der Waals surface area contributed by atoms with Crippen molar-refractivity contribution in [2.45, 2.75) is 26.2 Å². The van der Waals surface area contributed by atoms with Gasteiger partial charge in [0.2, 0.25) is 17.6 Å². The third kappa shape index (κ3) is 4.66. The summed E-state index contributed by atoms with van der Waals surface area (Å²) in [5.74, 6) is 0.314. The molecule has 0 unspecified atom stereocenters. The van der Waals surface area contributed by atoms with Gasteiger partial charge in [0.15, 0.2) is 5.82 Å². The number of aliphatic hydroxyl groups excluding tert-OH is 1. The molecule has 2 aliphatic heterocycles. The first-order chi connectivity index (χ1) is 15.4. The molecule has 3 N–H and O–H groups in total. The predicted molar refractivity (Wildman–Crippen MR) is 125 cm³/mol. The molecule has 0 atom stereocenters. The highest BCUT2D eigenvalue weighted by Gasteiger charge is 2.44. The van der Waals surface area contributed by atoms with Gasteiger partial charge >= 0.3 is 0 Å². The molecule has 2 aromatic rings. The van der Waals surface area contributed by atoms with Crippen LogP contribution in [0.15, 0.2) is 37.2 Å². The van der Waals surface area contributed by atoms with E-state index in [4.69, 9.17) is 10.5 Å². The number of aromatic nitrogens is 2. The second-order valence-electron chi connectivity index (χ2n) is 8.99. The zero-order valence-corrected chi connectivity index (χ0v) is 18.6. The number of hydrogen-bond donors (Lipinski definition) is 3. The Morgan fingerprint density at radius 3 is 2.78 bits per heavy atom. The zero-order valence-electron chi connectivity index (χ0n) is 18.6. The first kappa shape index (κ1) is 22.4. The molecule has 1 aromatic heterocycles. The topological polar surface area (TPSA) is 79.4 Å². The van der Waals surface area contributed by atoms with Crippen LogP contribution in [-0.2, 0) is 0 Å². The molecule has 170 valence electrons. The summed E-state index contributed by atoms with van der Waals surface area (Å²) in [6.07, 6.45) is 7.61. The van der Waals surface area contributed by atoms with E-state index in [1.807, 2.05) is 19.1 Å². The molecule has 1 spiro atoms. The fourth-order valence-electron chi connectivity index (χ4n) is 4.81. The minimum atomic E-state index is -0.243. The van der Waals surface area contributed by atoms with Crippen LogP contribution in [0.25, 0.3) is 5.70 Å². The molecule has 0 bridgehead atoms. The van der Waals surface area contributed by atoms with E-state index < -0.39 is 0 Å². The van der Waals surface area contributed by atoms with E-state index in [1.54, 1.807) is 17.0 Å². The van der Waals surface area contributed by atoms with Crippen molar-refractivity contribution in [3.8, 4) is 0 Å². The first-order valence-corrected chi connectivity index (χ1v) is 11.2. The van der Waals surface area contributed by atoms with Crippen LogP contribution in [0.5, 0.6) is 0 Å². The molecule has 4 rings (SSSR count). The summed E-state index contributed by atoms with van der Waals surface area (Å²) >= 11 is 0. The van der Waals surface area contributed by atoms with Gasteiger partial charge in [-0.3, -0.25) is 0 Å². The molecule has 0 amide bonds. The van der Waals surface area contributed by atoms with Crippen molar-refractivity contribution in [3.05, 3.63) is 48.7 Å². The van der Waals surface area contributed by atoms with Crippen molar-refractivity contribution < 1.29 is 14.1 Å². The van der Waals surface area contributed by atoms with Gasteiger partial charge in [0.05, 0.1) is 18.1 Å². The van der Waals surface area contributed by atoms with Crippen LogP contribution in [0.3, 0.4) is 0 Å². The molecule has 2 aliphatic rings. The Balaban J connectivity index is 1.37. The Morgan fingerprint density at radius 2 is 2.12 bits per heavy atom. The quantitative estimate of drug-likeness (QED) is 0.435. The number of nitrogens with zero attached hydrogens (tertiary/aromatic N) is 4. The minimum Gasteiger partial charge on any atom is -0.396 e. The summed E-state index contributed by atoms with van der Waals surface area (Å²) in [5.41, 5.74) is 3.03. The number of piperidine rings is 1. The molecule has 7 nitrogen and oxygen atoms in total. The minimum absolute atomic E-state index is 0.243. The van der Waals surface area contributed by atoms with Gasteiger partial charge in [-0.05, 0) is 49.5 Å². The van der Waals surface area contributed by atoms with Gasteiger partial charge < -0.3 is 25.6 Å². The molecular formula is C24H32FN6O+. The molecule has 0 aliphatic carbocycles. The zero-order chi connectivity index (χ0) is 22.7. The van der Waals surface area contributed by atoms with E-state index in [1.165, 1.54) is 12.3 Å². The molecule has 8 heteroatoms. The summed E-state index contributed by atoms with van der Waals surface area (Å²) in [6, 6.07) is 5.22. The Kier molecular flexibility index (Phi) is 6.53. The second kappa shape index (κ2) is 9.34. The number of hydrogen-bond acceptors (Lipinski definition) is 6. The van der Waals surface area contributed by atoms with Crippen LogP contribution in [0.2, 0.25) is 0 Å². The molecule has 3 heterocycles. The van der Waals surface area contributed by atoms with Gasteiger partial charge in [0, 0.05) is 51.9 Å². The van der Waals surface area contributed by atoms with Crippen LogP contribution >= 0.6 is 0 Å². The highest BCUT2D eigenvalue weighted by Crippen LogP contribution is 2.41. The summed E-state index contributed by atoms with van der Waals surface area (Å²) in [4.78, 5) is 8.91. The van der Waals surface area contributed by atoms with Gasteiger partial charge in [0.25, 0.3) is 0 Å². The van der Waals surface area contributed by atoms with Crippen LogP contribution < -0.4 is 14.8 Å². The Bertz CT molecular complexity index is 994. The highest BCUT2D eigenvalue weighted by atomic mass is 19.1. The number of anilines is 3. The monoisotopic (exact) mass is 439 g/mol. The molecule has 2 fully saturated rings. The van der Waals surface area contributed by atoms with Gasteiger partial charge in [0.1, 0.15) is 5.82 Å². The summed E-state index contributed by atoms with van der Waals surface area (Å²) < 4.78 is 16.7. The molecule has 0 saturated carbocycles. The van der Waals surface area contributed by atoms with Crippen LogP contribution in [-0.4, -0.2) is 60.5 Å². The van der Waals surface area contributed by atoms with E-state index in [-0.39, 0.29) is 12.4 Å². The summed E-state index contributed by atoms with van der Waals surface area (Å²) in [5, 5.41) is 19.5. The van der Waals surface area contributed by atoms with Crippen LogP contribution in [0.1, 0.15) is 25.0 Å². The smallest absolute Gasteiger partial charge is 0.221 e. The van der Waals surface area contributed by atoms with E-state index in [9.17, 15) is 4.39 Å². The van der Waals surface area contributed by atoms with Gasteiger partial charge in [-0.15, -0.1) is 0 Å². The summed E-state index contributed by atoms with van der Waals surface area (Å²) in [7, 11) is 0.